The molecule has 0 spiro atoms. The molecule has 202 valence electrons. The fourth-order valence-corrected chi connectivity index (χ4v) is 5.48. The van der Waals surface area contributed by atoms with Gasteiger partial charge < -0.3 is 14.9 Å². The van der Waals surface area contributed by atoms with Crippen molar-refractivity contribution in [2.24, 2.45) is 0 Å². The molecule has 1 aliphatic rings. The number of nitrogens with zero attached hydrogens (tertiary/aromatic N) is 5. The number of halogens is 2. The van der Waals surface area contributed by atoms with Gasteiger partial charge in [0.2, 0.25) is 0 Å². The lowest BCUT2D eigenvalue weighted by Gasteiger charge is -2.26. The SMILES string of the molecule is COc1cc(OC)c(Cl)c(CCC(=N)c2cnc3ncc(-c4ccc(CN5CCCCC5)cn4)cc3n2)c1Cl. The summed E-state index contributed by atoms with van der Waals surface area (Å²) in [4.78, 5) is 20.8. The number of likely N-dealkylation sites (tertiary alicyclic amines) is 1. The summed E-state index contributed by atoms with van der Waals surface area (Å²) < 4.78 is 10.7. The maximum Gasteiger partial charge on any atom is 0.178 e. The minimum Gasteiger partial charge on any atom is -0.495 e. The van der Waals surface area contributed by atoms with E-state index >= 15 is 0 Å². The van der Waals surface area contributed by atoms with Crippen molar-refractivity contribution in [3.8, 4) is 22.8 Å². The number of benzene rings is 1. The first-order valence-corrected chi connectivity index (χ1v) is 13.7. The number of rotatable bonds is 9. The highest BCUT2D eigenvalue weighted by molar-refractivity contribution is 6.37. The smallest absolute Gasteiger partial charge is 0.178 e. The molecular weight excluding hydrogens is 535 g/mol. The fraction of sp³-hybridized carbons (Fsp3) is 0.345. The Bertz CT molecular complexity index is 1460. The molecule has 1 saturated heterocycles. The fourth-order valence-electron chi connectivity index (χ4n) is 4.79. The van der Waals surface area contributed by atoms with E-state index in [1.54, 1.807) is 18.5 Å². The van der Waals surface area contributed by atoms with E-state index in [0.29, 0.717) is 62.5 Å². The first-order valence-electron chi connectivity index (χ1n) is 12.9. The van der Waals surface area contributed by atoms with E-state index < -0.39 is 0 Å². The number of nitrogens with one attached hydrogen (secondary N) is 1. The lowest BCUT2D eigenvalue weighted by atomic mass is 10.0. The number of piperidine rings is 1. The second-order valence-electron chi connectivity index (χ2n) is 9.58. The van der Waals surface area contributed by atoms with Crippen molar-refractivity contribution in [1.29, 1.82) is 5.41 Å². The van der Waals surface area contributed by atoms with Crippen LogP contribution in [-0.4, -0.2) is 57.9 Å². The lowest BCUT2D eigenvalue weighted by Crippen LogP contribution is -2.29. The Balaban J connectivity index is 1.32. The van der Waals surface area contributed by atoms with Crippen LogP contribution in [-0.2, 0) is 13.0 Å². The summed E-state index contributed by atoms with van der Waals surface area (Å²) in [5.74, 6) is 0.938. The van der Waals surface area contributed by atoms with Crippen LogP contribution in [0.3, 0.4) is 0 Å². The molecule has 10 heteroatoms. The normalized spacial score (nSPS) is 13.9. The summed E-state index contributed by atoms with van der Waals surface area (Å²) in [6.45, 7) is 3.24. The highest BCUT2D eigenvalue weighted by Crippen LogP contribution is 2.41. The monoisotopic (exact) mass is 564 g/mol. The van der Waals surface area contributed by atoms with E-state index in [2.05, 4.69) is 30.9 Å². The zero-order valence-electron chi connectivity index (χ0n) is 22.0. The highest BCUT2D eigenvalue weighted by Gasteiger charge is 2.18. The van der Waals surface area contributed by atoms with Crippen molar-refractivity contribution in [1.82, 2.24) is 24.8 Å². The molecule has 3 aromatic heterocycles. The minimum absolute atomic E-state index is 0.309. The van der Waals surface area contributed by atoms with E-state index in [0.717, 1.165) is 30.9 Å². The Morgan fingerprint density at radius 2 is 1.64 bits per heavy atom. The van der Waals surface area contributed by atoms with Crippen molar-refractivity contribution >= 4 is 40.1 Å². The third-order valence-corrected chi connectivity index (χ3v) is 7.80. The summed E-state index contributed by atoms with van der Waals surface area (Å²) in [7, 11) is 3.07. The van der Waals surface area contributed by atoms with Crippen LogP contribution in [0.15, 0.2) is 42.9 Å². The van der Waals surface area contributed by atoms with E-state index in [9.17, 15) is 0 Å². The molecule has 1 aliphatic heterocycles. The van der Waals surface area contributed by atoms with Gasteiger partial charge >= 0.3 is 0 Å². The zero-order chi connectivity index (χ0) is 27.4. The van der Waals surface area contributed by atoms with Crippen LogP contribution < -0.4 is 9.47 Å². The zero-order valence-corrected chi connectivity index (χ0v) is 23.5. The molecule has 5 rings (SSSR count). The van der Waals surface area contributed by atoms with E-state index in [1.165, 1.54) is 39.0 Å². The molecule has 0 radical (unpaired) electrons. The minimum atomic E-state index is 0.309. The van der Waals surface area contributed by atoms with Crippen LogP contribution in [0.5, 0.6) is 11.5 Å². The van der Waals surface area contributed by atoms with Gasteiger partial charge in [0.15, 0.2) is 5.65 Å². The molecule has 0 atom stereocenters. The first-order chi connectivity index (χ1) is 19.0. The molecule has 1 aromatic carbocycles. The molecule has 1 N–H and O–H groups in total. The summed E-state index contributed by atoms with van der Waals surface area (Å²) in [6, 6.07) is 7.72. The molecule has 0 amide bonds. The van der Waals surface area contributed by atoms with E-state index in [1.807, 2.05) is 18.3 Å². The summed E-state index contributed by atoms with van der Waals surface area (Å²) in [6.07, 6.45) is 9.90. The summed E-state index contributed by atoms with van der Waals surface area (Å²) >= 11 is 13.0. The van der Waals surface area contributed by atoms with Gasteiger partial charge in [-0.15, -0.1) is 0 Å². The third-order valence-electron chi connectivity index (χ3n) is 6.97. The van der Waals surface area contributed by atoms with Crippen LogP contribution in [0.2, 0.25) is 10.0 Å². The molecule has 0 unspecified atom stereocenters. The van der Waals surface area contributed by atoms with Crippen molar-refractivity contribution in [2.75, 3.05) is 27.3 Å². The Kier molecular flexibility index (Phi) is 8.55. The largest absolute Gasteiger partial charge is 0.495 e. The molecule has 4 heterocycles. The summed E-state index contributed by atoms with van der Waals surface area (Å²) in [5, 5.41) is 9.46. The molecular formula is C29H30Cl2N6O2. The number of ether oxygens (including phenoxy) is 2. The molecule has 39 heavy (non-hydrogen) atoms. The first kappa shape index (κ1) is 27.2. The van der Waals surface area contributed by atoms with Gasteiger partial charge in [-0.25, -0.2) is 15.0 Å². The van der Waals surface area contributed by atoms with Gasteiger partial charge in [0.1, 0.15) is 22.7 Å². The van der Waals surface area contributed by atoms with Gasteiger partial charge in [-0.1, -0.05) is 35.7 Å². The van der Waals surface area contributed by atoms with Crippen molar-refractivity contribution in [3.05, 3.63) is 69.7 Å². The van der Waals surface area contributed by atoms with Crippen molar-refractivity contribution in [3.63, 3.8) is 0 Å². The van der Waals surface area contributed by atoms with Gasteiger partial charge in [0.05, 0.1) is 41.9 Å². The van der Waals surface area contributed by atoms with Gasteiger partial charge in [-0.3, -0.25) is 9.88 Å². The Labute approximate surface area is 237 Å². The van der Waals surface area contributed by atoms with Crippen LogP contribution in [0, 0.1) is 5.41 Å². The van der Waals surface area contributed by atoms with Gasteiger partial charge in [0, 0.05) is 30.6 Å². The van der Waals surface area contributed by atoms with Gasteiger partial charge in [0.25, 0.3) is 0 Å². The second kappa shape index (κ2) is 12.2. The predicted octanol–water partition coefficient (Wildman–Crippen LogP) is 6.40. The Morgan fingerprint density at radius 3 is 2.31 bits per heavy atom. The Morgan fingerprint density at radius 1 is 0.923 bits per heavy atom. The van der Waals surface area contributed by atoms with E-state index in [4.69, 9.17) is 38.1 Å². The quantitative estimate of drug-likeness (QED) is 0.235. The van der Waals surface area contributed by atoms with Crippen LogP contribution in [0.4, 0.5) is 0 Å². The average Bonchev–Trinajstić information content (AvgIpc) is 2.97. The van der Waals surface area contributed by atoms with Crippen LogP contribution >= 0.6 is 23.2 Å². The number of aromatic nitrogens is 4. The highest BCUT2D eigenvalue weighted by atomic mass is 35.5. The summed E-state index contributed by atoms with van der Waals surface area (Å²) in [5.41, 5.74) is 5.44. The van der Waals surface area contributed by atoms with Gasteiger partial charge in [-0.05, 0) is 62.0 Å². The van der Waals surface area contributed by atoms with Crippen molar-refractivity contribution in [2.45, 2.75) is 38.6 Å². The maximum absolute atomic E-state index is 8.65. The Hall–Kier alpha value is -3.33. The number of pyridine rings is 2. The third kappa shape index (κ3) is 6.13. The average molecular weight is 566 g/mol. The number of methoxy groups -OCH3 is 2. The number of hydrogen-bond acceptors (Lipinski definition) is 8. The molecule has 0 bridgehead atoms. The molecule has 1 fully saturated rings. The topological polar surface area (TPSA) is 97.1 Å². The molecule has 0 saturated carbocycles. The number of hydrogen-bond donors (Lipinski definition) is 1. The molecule has 0 aliphatic carbocycles. The predicted molar refractivity (Wildman–Crippen MR) is 154 cm³/mol. The lowest BCUT2D eigenvalue weighted by molar-refractivity contribution is 0.220. The van der Waals surface area contributed by atoms with Crippen LogP contribution in [0.1, 0.15) is 42.5 Å². The van der Waals surface area contributed by atoms with Gasteiger partial charge in [-0.2, -0.15) is 0 Å². The van der Waals surface area contributed by atoms with E-state index in [-0.39, 0.29) is 0 Å². The molecule has 4 aromatic rings. The maximum atomic E-state index is 8.65. The van der Waals surface area contributed by atoms with Crippen molar-refractivity contribution < 1.29 is 9.47 Å². The standard InChI is InChI=1S/C29H30Cl2N6O2/c1-38-25-13-26(39-2)28(31)20(27(25)30)7-8-21(32)24-16-35-29-23(36-24)12-19(15-34-29)22-9-6-18(14-33-22)17-37-10-4-3-5-11-37/h6,9,12-16,32H,3-5,7-8,10-11,17H2,1-2H3. The second-order valence-corrected chi connectivity index (χ2v) is 10.3. The molecule has 8 nitrogen and oxygen atoms in total. The number of fused-ring (bicyclic) bond motifs is 1. The van der Waals surface area contributed by atoms with Crippen LogP contribution in [0.25, 0.3) is 22.4 Å².